The molecule has 0 aromatic rings. The maximum absolute atomic E-state index is 12.2. The highest BCUT2D eigenvalue weighted by atomic mass is 32.2. The van der Waals surface area contributed by atoms with Gasteiger partial charge >= 0.3 is 0 Å². The van der Waals surface area contributed by atoms with Crippen LogP contribution in [-0.2, 0) is 10.0 Å². The minimum absolute atomic E-state index is 0.254. The molecule has 7 nitrogen and oxygen atoms in total. The first-order chi connectivity index (χ1) is 13.3. The molecule has 2 N–H and O–H groups in total. The molecule has 2 fully saturated rings. The highest BCUT2D eigenvalue weighted by Crippen LogP contribution is 2.17. The number of guanidine groups is 1. The maximum atomic E-state index is 12.2. The molecule has 8 heteroatoms. The highest BCUT2D eigenvalue weighted by Gasteiger charge is 2.28. The Kier molecular flexibility index (Phi) is 9.50. The number of likely N-dealkylation sites (tertiary alicyclic amines) is 1. The van der Waals surface area contributed by atoms with Crippen LogP contribution >= 0.6 is 0 Å². The van der Waals surface area contributed by atoms with Crippen LogP contribution < -0.4 is 10.6 Å². The number of nitrogens with one attached hydrogen (secondary N) is 2. The van der Waals surface area contributed by atoms with Gasteiger partial charge in [-0.15, -0.1) is 0 Å². The molecule has 1 unspecified atom stereocenters. The Hall–Kier alpha value is -0.860. The van der Waals surface area contributed by atoms with E-state index in [2.05, 4.69) is 34.4 Å². The van der Waals surface area contributed by atoms with Gasteiger partial charge in [-0.05, 0) is 50.5 Å². The second-order valence-electron chi connectivity index (χ2n) is 8.75. The van der Waals surface area contributed by atoms with E-state index in [0.29, 0.717) is 31.3 Å². The number of piperidine rings is 2. The first-order valence-electron chi connectivity index (χ1n) is 11.0. The van der Waals surface area contributed by atoms with Gasteiger partial charge in [-0.25, -0.2) is 12.7 Å². The summed E-state index contributed by atoms with van der Waals surface area (Å²) in [5.41, 5.74) is 0. The molecule has 164 valence electrons. The monoisotopic (exact) mass is 415 g/mol. The third kappa shape index (κ3) is 7.52. The van der Waals surface area contributed by atoms with Crippen molar-refractivity contribution in [3.05, 3.63) is 0 Å². The van der Waals surface area contributed by atoms with E-state index in [1.54, 1.807) is 4.31 Å². The Balaban J connectivity index is 1.73. The molecular weight excluding hydrogens is 374 g/mol. The summed E-state index contributed by atoms with van der Waals surface area (Å²) < 4.78 is 26.1. The first kappa shape index (κ1) is 23.4. The lowest BCUT2D eigenvalue weighted by Gasteiger charge is -2.35. The van der Waals surface area contributed by atoms with E-state index in [0.717, 1.165) is 31.9 Å². The zero-order valence-electron chi connectivity index (χ0n) is 18.3. The van der Waals surface area contributed by atoms with Crippen LogP contribution in [0.4, 0.5) is 0 Å². The predicted molar refractivity (Wildman–Crippen MR) is 117 cm³/mol. The van der Waals surface area contributed by atoms with Gasteiger partial charge in [0.15, 0.2) is 5.96 Å². The number of nitrogens with zero attached hydrogens (tertiary/aromatic N) is 3. The Morgan fingerprint density at radius 3 is 2.50 bits per heavy atom. The third-order valence-electron chi connectivity index (χ3n) is 5.66. The van der Waals surface area contributed by atoms with Crippen LogP contribution in [0.25, 0.3) is 0 Å². The molecule has 0 bridgehead atoms. The second-order valence-corrected chi connectivity index (χ2v) is 10.8. The molecule has 0 radical (unpaired) electrons. The van der Waals surface area contributed by atoms with E-state index in [9.17, 15) is 8.42 Å². The van der Waals surface area contributed by atoms with Gasteiger partial charge in [0.05, 0.1) is 5.75 Å². The van der Waals surface area contributed by atoms with Crippen molar-refractivity contribution in [2.45, 2.75) is 58.9 Å². The number of sulfonamides is 1. The number of hydrogen-bond donors (Lipinski definition) is 2. The fourth-order valence-corrected chi connectivity index (χ4v) is 5.84. The van der Waals surface area contributed by atoms with Crippen molar-refractivity contribution in [3.63, 3.8) is 0 Å². The van der Waals surface area contributed by atoms with Crippen molar-refractivity contribution in [2.24, 2.45) is 16.8 Å². The molecule has 2 rings (SSSR count). The summed E-state index contributed by atoms with van der Waals surface area (Å²) in [7, 11) is -1.27. The number of aliphatic imine (C=N–C) groups is 1. The van der Waals surface area contributed by atoms with Gasteiger partial charge < -0.3 is 15.5 Å². The summed E-state index contributed by atoms with van der Waals surface area (Å²) in [4.78, 5) is 6.97. The largest absolute Gasteiger partial charge is 0.356 e. The second kappa shape index (κ2) is 11.4. The highest BCUT2D eigenvalue weighted by molar-refractivity contribution is 7.89. The molecule has 28 heavy (non-hydrogen) atoms. The molecular formula is C20H41N5O2S. The third-order valence-corrected chi connectivity index (χ3v) is 7.73. The van der Waals surface area contributed by atoms with E-state index in [4.69, 9.17) is 0 Å². The van der Waals surface area contributed by atoms with Crippen LogP contribution in [0.15, 0.2) is 4.99 Å². The van der Waals surface area contributed by atoms with Gasteiger partial charge in [0, 0.05) is 45.8 Å². The quantitative estimate of drug-likeness (QED) is 0.466. The van der Waals surface area contributed by atoms with Crippen LogP contribution in [-0.4, -0.2) is 81.7 Å². The van der Waals surface area contributed by atoms with E-state index in [-0.39, 0.29) is 11.8 Å². The molecule has 1 atom stereocenters. The molecule has 2 saturated heterocycles. The zero-order chi connectivity index (χ0) is 20.6. The van der Waals surface area contributed by atoms with Gasteiger partial charge in [0.2, 0.25) is 10.0 Å². The molecule has 2 heterocycles. The Morgan fingerprint density at radius 1 is 1.18 bits per heavy atom. The van der Waals surface area contributed by atoms with Crippen LogP contribution in [0.2, 0.25) is 0 Å². The van der Waals surface area contributed by atoms with Gasteiger partial charge in [-0.1, -0.05) is 20.8 Å². The molecule has 0 aromatic carbocycles. The molecule has 0 aliphatic carbocycles. The fraction of sp³-hybridized carbons (Fsp3) is 0.950. The van der Waals surface area contributed by atoms with Gasteiger partial charge in [0.1, 0.15) is 0 Å². The average molecular weight is 416 g/mol. The Morgan fingerprint density at radius 2 is 1.89 bits per heavy atom. The molecule has 0 spiro atoms. The van der Waals surface area contributed by atoms with Crippen molar-refractivity contribution in [3.8, 4) is 0 Å². The van der Waals surface area contributed by atoms with E-state index < -0.39 is 10.0 Å². The topological polar surface area (TPSA) is 77.0 Å². The van der Waals surface area contributed by atoms with E-state index >= 15 is 0 Å². The average Bonchev–Trinajstić information content (AvgIpc) is 2.65. The summed E-state index contributed by atoms with van der Waals surface area (Å²) in [5.74, 6) is 2.47. The summed E-state index contributed by atoms with van der Waals surface area (Å²) >= 11 is 0. The first-order valence-corrected chi connectivity index (χ1v) is 12.6. The van der Waals surface area contributed by atoms with Crippen molar-refractivity contribution in [2.75, 3.05) is 52.1 Å². The summed E-state index contributed by atoms with van der Waals surface area (Å²) in [6, 6.07) is 0.281. The van der Waals surface area contributed by atoms with Crippen molar-refractivity contribution in [1.82, 2.24) is 19.8 Å². The lowest BCUT2D eigenvalue weighted by atomic mass is 9.97. The fourth-order valence-electron chi connectivity index (χ4n) is 4.29. The molecule has 0 amide bonds. The lowest BCUT2D eigenvalue weighted by Crippen LogP contribution is -2.51. The maximum Gasteiger partial charge on any atom is 0.214 e. The molecule has 0 saturated carbocycles. The molecule has 0 aromatic heterocycles. The minimum atomic E-state index is -3.07. The van der Waals surface area contributed by atoms with Crippen LogP contribution in [0, 0.1) is 11.8 Å². The van der Waals surface area contributed by atoms with Crippen molar-refractivity contribution in [1.29, 1.82) is 0 Å². The van der Waals surface area contributed by atoms with E-state index in [1.165, 1.54) is 25.9 Å². The summed E-state index contributed by atoms with van der Waals surface area (Å²) in [5, 5.41) is 7.00. The minimum Gasteiger partial charge on any atom is -0.356 e. The molecule has 2 aliphatic rings. The summed E-state index contributed by atoms with van der Waals surface area (Å²) in [6.07, 6.45) is 4.87. The zero-order valence-corrected chi connectivity index (χ0v) is 19.1. The van der Waals surface area contributed by atoms with Crippen LogP contribution in [0.3, 0.4) is 0 Å². The summed E-state index contributed by atoms with van der Waals surface area (Å²) in [6.45, 7) is 12.2. The van der Waals surface area contributed by atoms with Crippen molar-refractivity contribution >= 4 is 16.0 Å². The van der Waals surface area contributed by atoms with Crippen molar-refractivity contribution < 1.29 is 8.42 Å². The van der Waals surface area contributed by atoms with Gasteiger partial charge in [-0.2, -0.15) is 0 Å². The number of hydrogen-bond acceptors (Lipinski definition) is 4. The molecule has 2 aliphatic heterocycles. The SMILES string of the molecule is CCCS(=O)(=O)N1CCC(NC(=NC)NCC2CCCN(CC(C)C)C2)CC1. The van der Waals surface area contributed by atoms with Crippen LogP contribution in [0.5, 0.6) is 0 Å². The van der Waals surface area contributed by atoms with Gasteiger partial charge in [0.25, 0.3) is 0 Å². The van der Waals surface area contributed by atoms with Crippen LogP contribution in [0.1, 0.15) is 52.9 Å². The predicted octanol–water partition coefficient (Wildman–Crippen LogP) is 1.72. The standard InChI is InChI=1S/C20H41N5O2S/c1-5-13-28(26,27)25-11-8-19(9-12-25)23-20(21-4)22-14-18-7-6-10-24(16-18)15-17(2)3/h17-19H,5-16H2,1-4H3,(H2,21,22,23). The van der Waals surface area contributed by atoms with Gasteiger partial charge in [-0.3, -0.25) is 4.99 Å². The smallest absolute Gasteiger partial charge is 0.214 e. The lowest BCUT2D eigenvalue weighted by molar-refractivity contribution is 0.159. The Bertz CT molecular complexity index is 585. The normalized spacial score (nSPS) is 23.9. The van der Waals surface area contributed by atoms with E-state index in [1.807, 2.05) is 14.0 Å². The number of rotatable bonds is 8. The Labute approximate surface area is 172 Å².